The number of ketones is 1. The van der Waals surface area contributed by atoms with Gasteiger partial charge in [0, 0.05) is 11.4 Å². The number of hydrogen-bond acceptors (Lipinski definition) is 3. The Bertz CT molecular complexity index is 544. The van der Waals surface area contributed by atoms with Gasteiger partial charge < -0.3 is 0 Å². The van der Waals surface area contributed by atoms with E-state index in [1.54, 1.807) is 4.68 Å². The van der Waals surface area contributed by atoms with Crippen LogP contribution >= 0.6 is 22.9 Å². The molecule has 5 heteroatoms. The molecular formula is C12H13ClN2OS. The first-order valence-corrected chi connectivity index (χ1v) is 6.65. The Balaban J connectivity index is 2.39. The highest BCUT2D eigenvalue weighted by Gasteiger charge is 2.19. The van der Waals surface area contributed by atoms with Crippen molar-refractivity contribution in [3.63, 3.8) is 0 Å². The first kappa shape index (κ1) is 12.3. The maximum Gasteiger partial charge on any atom is 0.222 e. The van der Waals surface area contributed by atoms with Crippen LogP contribution in [0.25, 0.3) is 0 Å². The molecule has 0 atom stereocenters. The molecular weight excluding hydrogens is 256 g/mol. The molecule has 2 aromatic heterocycles. The number of halogens is 1. The normalized spacial score (nSPS) is 10.8. The van der Waals surface area contributed by atoms with Gasteiger partial charge in [0.25, 0.3) is 0 Å². The Morgan fingerprint density at radius 1 is 1.53 bits per heavy atom. The lowest BCUT2D eigenvalue weighted by Crippen LogP contribution is -2.10. The molecule has 2 heterocycles. The summed E-state index contributed by atoms with van der Waals surface area (Å²) >= 11 is 7.51. The number of nitrogens with zero attached hydrogens (tertiary/aromatic N) is 2. The maximum absolute atomic E-state index is 12.3. The van der Waals surface area contributed by atoms with Crippen molar-refractivity contribution < 1.29 is 4.79 Å². The molecule has 0 radical (unpaired) electrons. The zero-order valence-corrected chi connectivity index (χ0v) is 11.3. The lowest BCUT2D eigenvalue weighted by molar-refractivity contribution is 0.103. The third kappa shape index (κ3) is 2.42. The van der Waals surface area contributed by atoms with Crippen molar-refractivity contribution in [3.05, 3.63) is 38.8 Å². The van der Waals surface area contributed by atoms with E-state index in [0.29, 0.717) is 22.1 Å². The molecule has 0 aliphatic heterocycles. The zero-order valence-electron chi connectivity index (χ0n) is 9.74. The molecule has 0 saturated heterocycles. The smallest absolute Gasteiger partial charge is 0.222 e. The Morgan fingerprint density at radius 3 is 2.88 bits per heavy atom. The van der Waals surface area contributed by atoms with Gasteiger partial charge in [-0.25, -0.2) is 0 Å². The van der Waals surface area contributed by atoms with E-state index in [0.717, 1.165) is 11.3 Å². The monoisotopic (exact) mass is 268 g/mol. The van der Waals surface area contributed by atoms with Crippen molar-refractivity contribution in [1.29, 1.82) is 0 Å². The molecule has 0 bridgehead atoms. The lowest BCUT2D eigenvalue weighted by Gasteiger charge is -2.04. The number of aromatic nitrogens is 2. The van der Waals surface area contributed by atoms with Crippen molar-refractivity contribution in [2.45, 2.75) is 26.8 Å². The third-order valence-corrected chi connectivity index (χ3v) is 3.69. The summed E-state index contributed by atoms with van der Waals surface area (Å²) in [6, 6.07) is 3.77. The molecule has 2 aromatic rings. The van der Waals surface area contributed by atoms with Crippen molar-refractivity contribution in [3.8, 4) is 0 Å². The molecule has 0 saturated carbocycles. The Morgan fingerprint density at radius 2 is 2.29 bits per heavy atom. The van der Waals surface area contributed by atoms with Crippen LogP contribution in [-0.2, 0) is 6.54 Å². The molecule has 17 heavy (non-hydrogen) atoms. The molecule has 0 amide bonds. The molecule has 0 unspecified atom stereocenters. The molecule has 3 nitrogen and oxygen atoms in total. The van der Waals surface area contributed by atoms with E-state index in [9.17, 15) is 4.79 Å². The van der Waals surface area contributed by atoms with Crippen LogP contribution in [0.15, 0.2) is 18.3 Å². The fourth-order valence-electron chi connectivity index (χ4n) is 1.64. The van der Waals surface area contributed by atoms with E-state index in [1.807, 2.05) is 26.0 Å². The number of hydrogen-bond donors (Lipinski definition) is 0. The van der Waals surface area contributed by atoms with Crippen LogP contribution in [0.2, 0.25) is 5.02 Å². The van der Waals surface area contributed by atoms with Gasteiger partial charge in [-0.1, -0.05) is 18.5 Å². The van der Waals surface area contributed by atoms with Crippen LogP contribution in [0.5, 0.6) is 0 Å². The van der Waals surface area contributed by atoms with Gasteiger partial charge in [-0.05, 0) is 25.5 Å². The standard InChI is InChI=1S/C12H13ClN2OS/c1-3-6-15-11(9(13)7-14-15)12(16)10-5-4-8(2)17-10/h4-5,7H,3,6H2,1-2H3. The SMILES string of the molecule is CCCn1ncc(Cl)c1C(=O)c1ccc(C)s1. The minimum absolute atomic E-state index is 0.0425. The molecule has 0 fully saturated rings. The second-order valence-electron chi connectivity index (χ2n) is 3.80. The summed E-state index contributed by atoms with van der Waals surface area (Å²) in [5.41, 5.74) is 0.496. The van der Waals surface area contributed by atoms with Gasteiger partial charge in [-0.2, -0.15) is 5.10 Å². The topological polar surface area (TPSA) is 34.9 Å². The number of thiophene rings is 1. The Labute approximate surface area is 109 Å². The molecule has 0 N–H and O–H groups in total. The Kier molecular flexibility index (Phi) is 3.64. The minimum atomic E-state index is -0.0425. The van der Waals surface area contributed by atoms with Crippen LogP contribution < -0.4 is 0 Å². The fraction of sp³-hybridized carbons (Fsp3) is 0.333. The van der Waals surface area contributed by atoms with Crippen LogP contribution in [0.4, 0.5) is 0 Å². The van der Waals surface area contributed by atoms with Crippen molar-refractivity contribution in [2.75, 3.05) is 0 Å². The van der Waals surface area contributed by atoms with Gasteiger partial charge in [0.15, 0.2) is 0 Å². The second kappa shape index (κ2) is 5.02. The van der Waals surface area contributed by atoms with Gasteiger partial charge >= 0.3 is 0 Å². The van der Waals surface area contributed by atoms with Gasteiger partial charge in [0.2, 0.25) is 5.78 Å². The summed E-state index contributed by atoms with van der Waals surface area (Å²) in [5.74, 6) is -0.0425. The number of rotatable bonds is 4. The number of carbonyl (C=O) groups excluding carboxylic acids is 1. The highest BCUT2D eigenvalue weighted by atomic mass is 35.5. The average Bonchev–Trinajstić information content (AvgIpc) is 2.86. The molecule has 0 aromatic carbocycles. The summed E-state index contributed by atoms with van der Waals surface area (Å²) in [5, 5.41) is 4.55. The summed E-state index contributed by atoms with van der Waals surface area (Å²) in [6.45, 7) is 4.73. The van der Waals surface area contributed by atoms with E-state index in [4.69, 9.17) is 11.6 Å². The maximum atomic E-state index is 12.3. The molecule has 0 spiro atoms. The summed E-state index contributed by atoms with van der Waals surface area (Å²) in [6.07, 6.45) is 2.45. The first-order valence-electron chi connectivity index (χ1n) is 5.46. The molecule has 90 valence electrons. The first-order chi connectivity index (χ1) is 8.13. The molecule has 0 aliphatic rings. The van der Waals surface area contributed by atoms with Crippen LogP contribution in [0.1, 0.15) is 33.6 Å². The number of aryl methyl sites for hydroxylation is 2. The molecule has 2 rings (SSSR count). The van der Waals surface area contributed by atoms with Crippen molar-refractivity contribution in [2.24, 2.45) is 0 Å². The van der Waals surface area contributed by atoms with E-state index < -0.39 is 0 Å². The van der Waals surface area contributed by atoms with E-state index in [2.05, 4.69) is 5.10 Å². The number of carbonyl (C=O) groups is 1. The van der Waals surface area contributed by atoms with Gasteiger partial charge in [-0.15, -0.1) is 11.3 Å². The van der Waals surface area contributed by atoms with E-state index >= 15 is 0 Å². The van der Waals surface area contributed by atoms with Crippen molar-refractivity contribution in [1.82, 2.24) is 9.78 Å². The van der Waals surface area contributed by atoms with E-state index in [1.165, 1.54) is 17.5 Å². The highest BCUT2D eigenvalue weighted by Crippen LogP contribution is 2.23. The van der Waals surface area contributed by atoms with Crippen LogP contribution in [0.3, 0.4) is 0 Å². The van der Waals surface area contributed by atoms with Gasteiger partial charge in [0.05, 0.1) is 16.1 Å². The average molecular weight is 269 g/mol. The largest absolute Gasteiger partial charge is 0.286 e. The van der Waals surface area contributed by atoms with E-state index in [-0.39, 0.29) is 5.78 Å². The molecule has 0 aliphatic carbocycles. The summed E-state index contributed by atoms with van der Waals surface area (Å²) < 4.78 is 1.68. The van der Waals surface area contributed by atoms with Crippen LogP contribution in [0, 0.1) is 6.92 Å². The summed E-state index contributed by atoms with van der Waals surface area (Å²) in [4.78, 5) is 14.1. The second-order valence-corrected chi connectivity index (χ2v) is 5.50. The zero-order chi connectivity index (χ0) is 12.4. The third-order valence-electron chi connectivity index (χ3n) is 2.41. The van der Waals surface area contributed by atoms with Crippen molar-refractivity contribution >= 4 is 28.7 Å². The van der Waals surface area contributed by atoms with Crippen LogP contribution in [-0.4, -0.2) is 15.6 Å². The summed E-state index contributed by atoms with van der Waals surface area (Å²) in [7, 11) is 0. The predicted octanol–water partition coefficient (Wildman–Crippen LogP) is 3.55. The Hall–Kier alpha value is -1.13. The highest BCUT2D eigenvalue weighted by molar-refractivity contribution is 7.14. The quantitative estimate of drug-likeness (QED) is 0.795. The minimum Gasteiger partial charge on any atom is -0.286 e. The van der Waals surface area contributed by atoms with Gasteiger partial charge in [0.1, 0.15) is 5.69 Å². The van der Waals surface area contributed by atoms with Gasteiger partial charge in [-0.3, -0.25) is 9.48 Å². The fourth-order valence-corrected chi connectivity index (χ4v) is 2.68. The predicted molar refractivity (Wildman–Crippen MR) is 70.0 cm³/mol. The lowest BCUT2D eigenvalue weighted by atomic mass is 10.2.